The van der Waals surface area contributed by atoms with Crippen molar-refractivity contribution < 1.29 is 4.79 Å². The van der Waals surface area contributed by atoms with E-state index in [-0.39, 0.29) is 0 Å². The first kappa shape index (κ1) is 14.4. The molecule has 0 unspecified atom stereocenters. The third kappa shape index (κ3) is 3.04. The van der Waals surface area contributed by atoms with Crippen LogP contribution in [0.3, 0.4) is 0 Å². The topological polar surface area (TPSA) is 29.4 Å². The van der Waals surface area contributed by atoms with Crippen LogP contribution in [0.15, 0.2) is 89.9 Å². The van der Waals surface area contributed by atoms with Gasteiger partial charge in [-0.05, 0) is 24.6 Å². The van der Waals surface area contributed by atoms with E-state index < -0.39 is 7.92 Å². The molecule has 22 heavy (non-hydrogen) atoms. The van der Waals surface area contributed by atoms with E-state index in [1.165, 1.54) is 10.6 Å². The standard InChI is InChI=1S/C19H14NOP/c21-15-20-18-13-7-8-14-19(18)22(16-9-3-1-4-10-16)17-11-5-2-6-12-17/h1-14H. The number of aliphatic imine (C=N–C) groups is 1. The van der Waals surface area contributed by atoms with E-state index >= 15 is 0 Å². The Morgan fingerprint density at radius 1 is 0.682 bits per heavy atom. The minimum Gasteiger partial charge on any atom is -0.211 e. The van der Waals surface area contributed by atoms with Gasteiger partial charge in [0.05, 0.1) is 5.69 Å². The summed E-state index contributed by atoms with van der Waals surface area (Å²) in [5.74, 6) is 0. The average molecular weight is 303 g/mol. The van der Waals surface area contributed by atoms with Crippen LogP contribution in [0, 0.1) is 0 Å². The second-order valence-corrected chi connectivity index (χ2v) is 6.88. The van der Waals surface area contributed by atoms with Crippen LogP contribution in [0.4, 0.5) is 5.69 Å². The summed E-state index contributed by atoms with van der Waals surface area (Å²) in [6.07, 6.45) is 1.67. The van der Waals surface area contributed by atoms with Crippen LogP contribution < -0.4 is 15.9 Å². The summed E-state index contributed by atoms with van der Waals surface area (Å²) in [7, 11) is -0.751. The molecule has 0 atom stereocenters. The Bertz CT molecular complexity index is 756. The van der Waals surface area contributed by atoms with Gasteiger partial charge in [0.2, 0.25) is 6.08 Å². The highest BCUT2D eigenvalue weighted by atomic mass is 31.1. The molecule has 0 spiro atoms. The normalized spacial score (nSPS) is 10.2. The van der Waals surface area contributed by atoms with Gasteiger partial charge in [0.15, 0.2) is 0 Å². The van der Waals surface area contributed by atoms with Gasteiger partial charge in [-0.1, -0.05) is 78.9 Å². The first-order valence-electron chi connectivity index (χ1n) is 6.97. The fourth-order valence-electron chi connectivity index (χ4n) is 2.38. The van der Waals surface area contributed by atoms with Gasteiger partial charge in [-0.25, -0.2) is 4.79 Å². The number of isocyanates is 1. The van der Waals surface area contributed by atoms with Gasteiger partial charge in [-0.15, -0.1) is 0 Å². The maximum absolute atomic E-state index is 10.7. The Balaban J connectivity index is 2.21. The van der Waals surface area contributed by atoms with Crippen LogP contribution in [0.2, 0.25) is 0 Å². The fraction of sp³-hybridized carbons (Fsp3) is 0. The quantitative estimate of drug-likeness (QED) is 0.412. The predicted molar refractivity (Wildman–Crippen MR) is 92.9 cm³/mol. The Kier molecular flexibility index (Phi) is 4.56. The molecule has 0 saturated heterocycles. The van der Waals surface area contributed by atoms with Crippen molar-refractivity contribution in [3.63, 3.8) is 0 Å². The molecular formula is C19H14NOP. The first-order chi connectivity index (χ1) is 10.9. The summed E-state index contributed by atoms with van der Waals surface area (Å²) in [5.41, 5.74) is 0.691. The third-order valence-corrected chi connectivity index (χ3v) is 5.81. The maximum atomic E-state index is 10.7. The molecule has 0 aliphatic carbocycles. The van der Waals surface area contributed by atoms with E-state index in [0.717, 1.165) is 5.30 Å². The molecule has 3 aromatic rings. The zero-order valence-electron chi connectivity index (χ0n) is 11.9. The molecule has 2 nitrogen and oxygen atoms in total. The fourth-order valence-corrected chi connectivity index (χ4v) is 4.76. The van der Waals surface area contributed by atoms with Gasteiger partial charge in [0.1, 0.15) is 0 Å². The summed E-state index contributed by atoms with van der Waals surface area (Å²) in [6, 6.07) is 28.5. The number of hydrogen-bond acceptors (Lipinski definition) is 2. The van der Waals surface area contributed by atoms with E-state index in [1.54, 1.807) is 6.08 Å². The van der Waals surface area contributed by atoms with Crippen LogP contribution in [-0.4, -0.2) is 6.08 Å². The highest BCUT2D eigenvalue weighted by Gasteiger charge is 2.18. The van der Waals surface area contributed by atoms with Crippen molar-refractivity contribution in [1.29, 1.82) is 0 Å². The molecule has 0 heterocycles. The molecule has 0 fully saturated rings. The molecule has 0 saturated carbocycles. The van der Waals surface area contributed by atoms with Gasteiger partial charge >= 0.3 is 0 Å². The molecule has 0 amide bonds. The maximum Gasteiger partial charge on any atom is 0.240 e. The number of rotatable bonds is 4. The monoisotopic (exact) mass is 303 g/mol. The molecular weight excluding hydrogens is 289 g/mol. The largest absolute Gasteiger partial charge is 0.240 e. The highest BCUT2D eigenvalue weighted by Crippen LogP contribution is 2.36. The van der Waals surface area contributed by atoms with Crippen LogP contribution in [0.5, 0.6) is 0 Å². The van der Waals surface area contributed by atoms with E-state index in [9.17, 15) is 4.79 Å². The summed E-state index contributed by atoms with van der Waals surface area (Å²) in [5, 5.41) is 3.53. The number of para-hydroxylation sites is 1. The molecule has 0 radical (unpaired) electrons. The second-order valence-electron chi connectivity index (χ2n) is 4.70. The average Bonchev–Trinajstić information content (AvgIpc) is 2.59. The summed E-state index contributed by atoms with van der Waals surface area (Å²) in [6.45, 7) is 0. The Hall–Kier alpha value is -2.53. The number of hydrogen-bond donors (Lipinski definition) is 0. The smallest absolute Gasteiger partial charge is 0.211 e. The molecule has 3 heteroatoms. The van der Waals surface area contributed by atoms with Crippen molar-refractivity contribution >= 4 is 35.6 Å². The van der Waals surface area contributed by atoms with Crippen LogP contribution in [-0.2, 0) is 4.79 Å². The number of nitrogens with zero attached hydrogens (tertiary/aromatic N) is 1. The Morgan fingerprint density at radius 3 is 1.73 bits per heavy atom. The van der Waals surface area contributed by atoms with Crippen LogP contribution >= 0.6 is 7.92 Å². The van der Waals surface area contributed by atoms with Crippen molar-refractivity contribution in [3.8, 4) is 0 Å². The minimum atomic E-state index is -0.751. The van der Waals surface area contributed by atoms with E-state index in [4.69, 9.17) is 0 Å². The molecule has 0 aliphatic heterocycles. The predicted octanol–water partition coefficient (Wildman–Crippen LogP) is 3.41. The lowest BCUT2D eigenvalue weighted by Gasteiger charge is -2.20. The van der Waals surface area contributed by atoms with Crippen molar-refractivity contribution in [2.75, 3.05) is 0 Å². The molecule has 106 valence electrons. The summed E-state index contributed by atoms with van der Waals surface area (Å²) in [4.78, 5) is 14.6. The molecule has 3 aromatic carbocycles. The van der Waals surface area contributed by atoms with E-state index in [1.807, 2.05) is 60.7 Å². The Morgan fingerprint density at radius 2 is 1.18 bits per heavy atom. The zero-order chi connectivity index (χ0) is 15.2. The SMILES string of the molecule is O=C=Nc1ccccc1P(c1ccccc1)c1ccccc1. The van der Waals surface area contributed by atoms with Crippen LogP contribution in [0.25, 0.3) is 0 Å². The minimum absolute atomic E-state index is 0.691. The summed E-state index contributed by atoms with van der Waals surface area (Å²) >= 11 is 0. The molecule has 0 bridgehead atoms. The van der Waals surface area contributed by atoms with Crippen molar-refractivity contribution in [2.45, 2.75) is 0 Å². The van der Waals surface area contributed by atoms with Crippen molar-refractivity contribution in [2.24, 2.45) is 4.99 Å². The van der Waals surface area contributed by atoms with Gasteiger partial charge in [-0.3, -0.25) is 0 Å². The number of benzene rings is 3. The lowest BCUT2D eigenvalue weighted by atomic mass is 10.3. The second kappa shape index (κ2) is 6.95. The van der Waals surface area contributed by atoms with Crippen molar-refractivity contribution in [3.05, 3.63) is 84.9 Å². The van der Waals surface area contributed by atoms with E-state index in [0.29, 0.717) is 5.69 Å². The number of carbonyl (C=O) groups excluding carboxylic acids is 1. The first-order valence-corrected chi connectivity index (χ1v) is 8.31. The Labute approximate surface area is 130 Å². The lowest BCUT2D eigenvalue weighted by molar-refractivity contribution is 0.565. The van der Waals surface area contributed by atoms with E-state index in [2.05, 4.69) is 29.3 Å². The molecule has 3 rings (SSSR count). The molecule has 0 N–H and O–H groups in total. The van der Waals surface area contributed by atoms with Gasteiger partial charge < -0.3 is 0 Å². The molecule has 0 aromatic heterocycles. The highest BCUT2D eigenvalue weighted by molar-refractivity contribution is 7.80. The van der Waals surface area contributed by atoms with Gasteiger partial charge in [-0.2, -0.15) is 4.99 Å². The summed E-state index contributed by atoms with van der Waals surface area (Å²) < 4.78 is 0. The molecule has 0 aliphatic rings. The zero-order valence-corrected chi connectivity index (χ0v) is 12.8. The lowest BCUT2D eigenvalue weighted by Crippen LogP contribution is -2.20. The van der Waals surface area contributed by atoms with Crippen LogP contribution in [0.1, 0.15) is 0 Å². The van der Waals surface area contributed by atoms with Crippen molar-refractivity contribution in [1.82, 2.24) is 0 Å². The van der Waals surface area contributed by atoms with Gasteiger partial charge in [0.25, 0.3) is 0 Å². The third-order valence-electron chi connectivity index (χ3n) is 3.32. The van der Waals surface area contributed by atoms with Gasteiger partial charge in [0, 0.05) is 5.30 Å².